The van der Waals surface area contributed by atoms with Crippen LogP contribution in [0.1, 0.15) is 6.92 Å². The average molecular weight is 226 g/mol. The van der Waals surface area contributed by atoms with E-state index in [1.807, 2.05) is 0 Å². The van der Waals surface area contributed by atoms with E-state index in [0.717, 1.165) is 6.07 Å². The summed E-state index contributed by atoms with van der Waals surface area (Å²) in [5.74, 6) is -0.987. The molecule has 0 aromatic heterocycles. The molecule has 1 fully saturated rings. The summed E-state index contributed by atoms with van der Waals surface area (Å²) < 4.78 is 18.8. The van der Waals surface area contributed by atoms with Crippen molar-refractivity contribution in [2.24, 2.45) is 0 Å². The van der Waals surface area contributed by atoms with Gasteiger partial charge in [-0.1, -0.05) is 6.07 Å². The molecule has 0 amide bonds. The van der Waals surface area contributed by atoms with Gasteiger partial charge in [-0.25, -0.2) is 4.39 Å². The van der Waals surface area contributed by atoms with E-state index in [1.54, 1.807) is 6.92 Å². The van der Waals surface area contributed by atoms with Gasteiger partial charge < -0.3 is 10.1 Å². The van der Waals surface area contributed by atoms with E-state index in [4.69, 9.17) is 4.74 Å². The molecule has 1 aliphatic heterocycles. The highest BCUT2D eigenvalue weighted by atomic mass is 19.1. The maximum atomic E-state index is 13.5. The first-order valence-electron chi connectivity index (χ1n) is 4.84. The quantitative estimate of drug-likeness (QED) is 0.626. The number of ether oxygens (including phenoxy) is 1. The Kier molecular flexibility index (Phi) is 2.51. The fourth-order valence-corrected chi connectivity index (χ4v) is 1.54. The first-order chi connectivity index (χ1) is 7.52. The number of halogens is 1. The number of hydrogen-bond acceptors (Lipinski definition) is 4. The van der Waals surface area contributed by atoms with Gasteiger partial charge in [0.2, 0.25) is 5.75 Å². The van der Waals surface area contributed by atoms with Crippen molar-refractivity contribution in [2.75, 3.05) is 13.1 Å². The van der Waals surface area contributed by atoms with Crippen LogP contribution in [0.4, 0.5) is 10.1 Å². The molecule has 0 radical (unpaired) electrons. The highest BCUT2D eigenvalue weighted by Gasteiger charge is 2.36. The van der Waals surface area contributed by atoms with Crippen molar-refractivity contribution in [1.82, 2.24) is 5.32 Å². The second kappa shape index (κ2) is 3.71. The normalized spacial score (nSPS) is 17.6. The molecule has 16 heavy (non-hydrogen) atoms. The SMILES string of the molecule is CC1(Oc2c(F)cccc2[N+](=O)[O-])CNC1. The predicted octanol–water partition coefficient (Wildman–Crippen LogP) is 1.47. The number of para-hydroxylation sites is 1. The van der Waals surface area contributed by atoms with Crippen LogP contribution in [-0.2, 0) is 0 Å². The third kappa shape index (κ3) is 1.83. The first kappa shape index (κ1) is 10.8. The predicted molar refractivity (Wildman–Crippen MR) is 55.0 cm³/mol. The van der Waals surface area contributed by atoms with Crippen LogP contribution in [0.5, 0.6) is 5.75 Å². The Morgan fingerprint density at radius 2 is 2.25 bits per heavy atom. The van der Waals surface area contributed by atoms with E-state index in [9.17, 15) is 14.5 Å². The second-order valence-corrected chi connectivity index (χ2v) is 4.00. The summed E-state index contributed by atoms with van der Waals surface area (Å²) in [6, 6.07) is 3.67. The summed E-state index contributed by atoms with van der Waals surface area (Å²) in [5.41, 5.74) is -0.902. The van der Waals surface area contributed by atoms with Gasteiger partial charge in [-0.2, -0.15) is 0 Å². The zero-order valence-electron chi connectivity index (χ0n) is 8.70. The lowest BCUT2D eigenvalue weighted by molar-refractivity contribution is -0.386. The van der Waals surface area contributed by atoms with Crippen molar-refractivity contribution in [1.29, 1.82) is 0 Å². The van der Waals surface area contributed by atoms with Crippen molar-refractivity contribution in [3.8, 4) is 5.75 Å². The van der Waals surface area contributed by atoms with Crippen LogP contribution in [-0.4, -0.2) is 23.6 Å². The zero-order valence-corrected chi connectivity index (χ0v) is 8.70. The molecule has 1 N–H and O–H groups in total. The molecule has 6 heteroatoms. The Balaban J connectivity index is 2.34. The molecule has 1 heterocycles. The van der Waals surface area contributed by atoms with Gasteiger partial charge in [0.15, 0.2) is 5.82 Å². The van der Waals surface area contributed by atoms with Gasteiger partial charge in [0.25, 0.3) is 0 Å². The minimum atomic E-state index is -0.706. The van der Waals surface area contributed by atoms with E-state index in [0.29, 0.717) is 13.1 Å². The van der Waals surface area contributed by atoms with Gasteiger partial charge in [0, 0.05) is 19.2 Å². The van der Waals surface area contributed by atoms with Crippen LogP contribution in [0, 0.1) is 15.9 Å². The molecule has 0 spiro atoms. The standard InChI is InChI=1S/C10H11FN2O3/c1-10(5-12-6-10)16-9-7(11)3-2-4-8(9)13(14)15/h2-4,12H,5-6H2,1H3. The maximum Gasteiger partial charge on any atom is 0.314 e. The number of rotatable bonds is 3. The number of nitro groups is 1. The fourth-order valence-electron chi connectivity index (χ4n) is 1.54. The Labute approximate surface area is 91.4 Å². The molecule has 2 rings (SSSR count). The molecule has 0 atom stereocenters. The minimum Gasteiger partial charge on any atom is -0.476 e. The van der Waals surface area contributed by atoms with Crippen molar-refractivity contribution < 1.29 is 14.1 Å². The minimum absolute atomic E-state index is 0.281. The molecule has 1 aliphatic rings. The van der Waals surface area contributed by atoms with Crippen molar-refractivity contribution >= 4 is 5.69 Å². The summed E-state index contributed by atoms with van der Waals surface area (Å²) in [7, 11) is 0. The number of nitro benzene ring substituents is 1. The molecule has 1 saturated heterocycles. The molecular weight excluding hydrogens is 215 g/mol. The van der Waals surface area contributed by atoms with Crippen LogP contribution in [0.25, 0.3) is 0 Å². The van der Waals surface area contributed by atoms with Crippen molar-refractivity contribution in [3.05, 3.63) is 34.1 Å². The van der Waals surface area contributed by atoms with Crippen molar-refractivity contribution in [3.63, 3.8) is 0 Å². The number of hydrogen-bond donors (Lipinski definition) is 1. The third-order valence-corrected chi connectivity index (χ3v) is 2.49. The van der Waals surface area contributed by atoms with E-state index in [1.165, 1.54) is 12.1 Å². The molecule has 0 bridgehead atoms. The summed E-state index contributed by atoms with van der Waals surface area (Å²) in [6.45, 7) is 2.89. The van der Waals surface area contributed by atoms with Crippen molar-refractivity contribution in [2.45, 2.75) is 12.5 Å². The van der Waals surface area contributed by atoms with E-state index in [2.05, 4.69) is 5.32 Å². The summed E-state index contributed by atoms with van der Waals surface area (Å²) in [5, 5.41) is 13.7. The smallest absolute Gasteiger partial charge is 0.314 e. The summed E-state index contributed by atoms with van der Waals surface area (Å²) in [6.07, 6.45) is 0. The molecule has 5 nitrogen and oxygen atoms in total. The van der Waals surface area contributed by atoms with Crippen LogP contribution in [0.15, 0.2) is 18.2 Å². The van der Waals surface area contributed by atoms with Gasteiger partial charge in [-0.3, -0.25) is 10.1 Å². The van der Waals surface area contributed by atoms with Gasteiger partial charge in [-0.05, 0) is 13.0 Å². The Bertz CT molecular complexity index is 432. The molecule has 0 saturated carbocycles. The highest BCUT2D eigenvalue weighted by molar-refractivity contribution is 5.47. The molecule has 1 aromatic carbocycles. The monoisotopic (exact) mass is 226 g/mol. The van der Waals surface area contributed by atoms with Crippen LogP contribution >= 0.6 is 0 Å². The number of benzene rings is 1. The van der Waals surface area contributed by atoms with Gasteiger partial charge in [-0.15, -0.1) is 0 Å². The van der Waals surface area contributed by atoms with E-state index in [-0.39, 0.29) is 11.4 Å². The summed E-state index contributed by atoms with van der Waals surface area (Å²) in [4.78, 5) is 10.1. The number of nitrogens with one attached hydrogen (secondary N) is 1. The third-order valence-electron chi connectivity index (χ3n) is 2.49. The largest absolute Gasteiger partial charge is 0.476 e. The lowest BCUT2D eigenvalue weighted by Gasteiger charge is -2.39. The fraction of sp³-hybridized carbons (Fsp3) is 0.400. The topological polar surface area (TPSA) is 64.4 Å². The summed E-state index contributed by atoms with van der Waals surface area (Å²) >= 11 is 0. The van der Waals surface area contributed by atoms with E-state index < -0.39 is 16.3 Å². The second-order valence-electron chi connectivity index (χ2n) is 4.00. The van der Waals surface area contributed by atoms with Gasteiger partial charge in [0.05, 0.1) is 4.92 Å². The molecule has 0 aliphatic carbocycles. The Morgan fingerprint density at radius 3 is 2.75 bits per heavy atom. The average Bonchev–Trinajstić information content (AvgIpc) is 2.18. The van der Waals surface area contributed by atoms with Crippen LogP contribution < -0.4 is 10.1 Å². The molecule has 86 valence electrons. The molecule has 1 aromatic rings. The number of nitrogens with zero attached hydrogens (tertiary/aromatic N) is 1. The van der Waals surface area contributed by atoms with Crippen LogP contribution in [0.3, 0.4) is 0 Å². The van der Waals surface area contributed by atoms with Gasteiger partial charge in [0.1, 0.15) is 5.60 Å². The lowest BCUT2D eigenvalue weighted by Crippen LogP contribution is -2.61. The first-order valence-corrected chi connectivity index (χ1v) is 4.84. The van der Waals surface area contributed by atoms with Gasteiger partial charge >= 0.3 is 5.69 Å². The van der Waals surface area contributed by atoms with E-state index >= 15 is 0 Å². The van der Waals surface area contributed by atoms with Crippen LogP contribution in [0.2, 0.25) is 0 Å². The molecule has 0 unspecified atom stereocenters. The molecular formula is C10H11FN2O3. The highest BCUT2D eigenvalue weighted by Crippen LogP contribution is 2.33. The maximum absolute atomic E-state index is 13.5. The lowest BCUT2D eigenvalue weighted by atomic mass is 10.00. The Morgan fingerprint density at radius 1 is 1.56 bits per heavy atom. The zero-order chi connectivity index (χ0) is 11.8. The Hall–Kier alpha value is -1.69.